The minimum Gasteiger partial charge on any atom is -0.335 e. The van der Waals surface area contributed by atoms with Crippen LogP contribution in [0.25, 0.3) is 11.1 Å². The molecule has 47 heavy (non-hydrogen) atoms. The molecule has 3 heterocycles. The SMILES string of the molecule is [2H]c1c([2H])c([2H])c(-c2ccc3c(c2)N(c2ccc(C)cc2C)c2cc(C(C)(C)C)cc4c2B3c2cccc3c2N4C2(C)CCCCC32C)c([2H])c1[2H]. The molecule has 2 unspecified atom stereocenters. The predicted molar refractivity (Wildman–Crippen MR) is 202 cm³/mol. The van der Waals surface area contributed by atoms with Crippen LogP contribution in [-0.4, -0.2) is 12.3 Å². The molecule has 0 saturated heterocycles. The largest absolute Gasteiger partial charge is 0.335 e. The number of rotatable bonds is 2. The first kappa shape index (κ1) is 24.0. The molecule has 1 fully saturated rings. The third-order valence-corrected chi connectivity index (χ3v) is 12.2. The summed E-state index contributed by atoms with van der Waals surface area (Å²) in [5.41, 5.74) is 15.4. The standard InChI is InChI=1S/C44H45BN2/c1-28-18-21-36(29(2)24-28)46-37-25-31(30-14-9-8-10-15-30)19-20-34(37)45-35-17-13-16-33-41(35)47(44(7)23-12-11-22-43(33,44)6)39-27-32(42(3,4)5)26-38(46)40(39)45/h8-10,13-21,24-27H,11-12,22-23H2,1-7H3/i8D,9D,10D,14D,15D. The molecular formula is C44H45BN2. The van der Waals surface area contributed by atoms with Crippen molar-refractivity contribution in [3.8, 4) is 11.1 Å². The minimum atomic E-state index is -0.377. The molecule has 5 aromatic rings. The topological polar surface area (TPSA) is 6.48 Å². The van der Waals surface area contributed by atoms with Crippen molar-refractivity contribution in [3.05, 3.63) is 119 Å². The van der Waals surface area contributed by atoms with E-state index in [9.17, 15) is 0 Å². The number of para-hydroxylation sites is 1. The smallest absolute Gasteiger partial charge is 0.252 e. The van der Waals surface area contributed by atoms with E-state index in [-0.39, 0.29) is 58.9 Å². The lowest BCUT2D eigenvalue weighted by Gasteiger charge is -2.53. The van der Waals surface area contributed by atoms with Gasteiger partial charge in [-0.3, -0.25) is 0 Å². The Balaban J connectivity index is 1.42. The van der Waals surface area contributed by atoms with Gasteiger partial charge in [0.1, 0.15) is 0 Å². The monoisotopic (exact) mass is 617 g/mol. The van der Waals surface area contributed by atoms with Gasteiger partial charge in [-0.05, 0) is 107 Å². The first-order valence-electron chi connectivity index (χ1n) is 19.8. The Labute approximate surface area is 288 Å². The summed E-state index contributed by atoms with van der Waals surface area (Å²) in [6.45, 7) is 16.2. The van der Waals surface area contributed by atoms with E-state index in [0.29, 0.717) is 5.56 Å². The average Bonchev–Trinajstić information content (AvgIpc) is 3.32. The summed E-state index contributed by atoms with van der Waals surface area (Å²) in [4.78, 5) is 5.16. The van der Waals surface area contributed by atoms with Crippen LogP contribution in [0.5, 0.6) is 0 Å². The third kappa shape index (κ3) is 3.80. The highest BCUT2D eigenvalue weighted by atomic mass is 15.3. The number of benzene rings is 5. The zero-order chi connectivity index (χ0) is 36.8. The normalized spacial score (nSPS) is 23.6. The van der Waals surface area contributed by atoms with E-state index in [4.69, 9.17) is 6.85 Å². The number of aryl methyl sites for hydroxylation is 2. The third-order valence-electron chi connectivity index (χ3n) is 12.2. The molecule has 0 spiro atoms. The zero-order valence-corrected chi connectivity index (χ0v) is 28.7. The van der Waals surface area contributed by atoms with E-state index in [1.165, 1.54) is 51.8 Å². The van der Waals surface area contributed by atoms with Gasteiger partial charge >= 0.3 is 0 Å². The molecule has 4 aliphatic rings. The van der Waals surface area contributed by atoms with Crippen LogP contribution < -0.4 is 26.2 Å². The fourth-order valence-electron chi connectivity index (χ4n) is 9.58. The van der Waals surface area contributed by atoms with Gasteiger partial charge in [0, 0.05) is 33.9 Å². The maximum absolute atomic E-state index is 8.89. The minimum absolute atomic E-state index is 0.00955. The maximum Gasteiger partial charge on any atom is 0.252 e. The van der Waals surface area contributed by atoms with Crippen LogP contribution in [0.1, 0.15) is 89.4 Å². The van der Waals surface area contributed by atoms with Gasteiger partial charge in [0.05, 0.1) is 12.4 Å². The van der Waals surface area contributed by atoms with Crippen molar-refractivity contribution in [2.24, 2.45) is 0 Å². The van der Waals surface area contributed by atoms with Crippen LogP contribution in [-0.2, 0) is 10.8 Å². The number of fused-ring (bicyclic) bond motifs is 7. The summed E-state index contributed by atoms with van der Waals surface area (Å²) in [5, 5.41) is 0. The van der Waals surface area contributed by atoms with Crippen molar-refractivity contribution >= 4 is 51.5 Å². The van der Waals surface area contributed by atoms with Gasteiger partial charge in [-0.1, -0.05) is 119 Å². The Kier molecular flexibility index (Phi) is 4.93. The van der Waals surface area contributed by atoms with Crippen molar-refractivity contribution in [1.82, 2.24) is 0 Å². The quantitative estimate of drug-likeness (QED) is 0.179. The molecule has 0 N–H and O–H groups in total. The van der Waals surface area contributed by atoms with E-state index in [0.717, 1.165) is 40.9 Å². The first-order chi connectivity index (χ1) is 24.6. The highest BCUT2D eigenvalue weighted by Gasteiger charge is 2.61. The second-order valence-corrected chi connectivity index (χ2v) is 15.9. The van der Waals surface area contributed by atoms with Crippen molar-refractivity contribution in [2.45, 2.75) is 90.5 Å². The van der Waals surface area contributed by atoms with Gasteiger partial charge in [-0.2, -0.15) is 0 Å². The van der Waals surface area contributed by atoms with E-state index in [1.807, 2.05) is 6.07 Å². The van der Waals surface area contributed by atoms with E-state index in [2.05, 4.69) is 119 Å². The molecule has 2 nitrogen and oxygen atoms in total. The van der Waals surface area contributed by atoms with Crippen LogP contribution in [0.4, 0.5) is 28.4 Å². The van der Waals surface area contributed by atoms with Crippen molar-refractivity contribution in [3.63, 3.8) is 0 Å². The molecule has 234 valence electrons. The molecule has 0 amide bonds. The fourth-order valence-corrected chi connectivity index (χ4v) is 9.58. The van der Waals surface area contributed by atoms with Crippen LogP contribution >= 0.6 is 0 Å². The summed E-state index contributed by atoms with van der Waals surface area (Å²) >= 11 is 0. The lowest BCUT2D eigenvalue weighted by Crippen LogP contribution is -2.64. The van der Waals surface area contributed by atoms with Crippen molar-refractivity contribution in [2.75, 3.05) is 9.80 Å². The van der Waals surface area contributed by atoms with Gasteiger partial charge in [0.15, 0.2) is 0 Å². The lowest BCUT2D eigenvalue weighted by molar-refractivity contribution is 0.195. The number of hydrogen-bond acceptors (Lipinski definition) is 2. The summed E-state index contributed by atoms with van der Waals surface area (Å²) < 4.78 is 43.0. The van der Waals surface area contributed by atoms with Crippen LogP contribution in [0, 0.1) is 13.8 Å². The van der Waals surface area contributed by atoms with Gasteiger partial charge in [0.25, 0.3) is 6.71 Å². The number of nitrogens with zero attached hydrogens (tertiary/aromatic N) is 2. The van der Waals surface area contributed by atoms with E-state index >= 15 is 0 Å². The van der Waals surface area contributed by atoms with Crippen LogP contribution in [0.3, 0.4) is 0 Å². The molecule has 2 atom stereocenters. The Hall–Kier alpha value is -4.24. The Morgan fingerprint density at radius 1 is 0.745 bits per heavy atom. The molecular weight excluding hydrogens is 567 g/mol. The van der Waals surface area contributed by atoms with Gasteiger partial charge < -0.3 is 9.80 Å². The molecule has 3 aliphatic heterocycles. The highest BCUT2D eigenvalue weighted by Crippen LogP contribution is 2.62. The molecule has 0 radical (unpaired) electrons. The highest BCUT2D eigenvalue weighted by molar-refractivity contribution is 7.00. The van der Waals surface area contributed by atoms with Crippen molar-refractivity contribution in [1.29, 1.82) is 0 Å². The van der Waals surface area contributed by atoms with Gasteiger partial charge in [-0.25, -0.2) is 0 Å². The Morgan fingerprint density at radius 3 is 2.28 bits per heavy atom. The molecule has 0 aromatic heterocycles. The first-order valence-corrected chi connectivity index (χ1v) is 17.3. The predicted octanol–water partition coefficient (Wildman–Crippen LogP) is 9.62. The van der Waals surface area contributed by atoms with E-state index in [1.54, 1.807) is 0 Å². The maximum atomic E-state index is 8.89. The van der Waals surface area contributed by atoms with E-state index < -0.39 is 0 Å². The Morgan fingerprint density at radius 2 is 1.51 bits per heavy atom. The summed E-state index contributed by atoms with van der Waals surface area (Å²) in [6.07, 6.45) is 4.75. The number of anilines is 5. The Bertz CT molecular complexity index is 2370. The molecule has 1 aliphatic carbocycles. The molecule has 1 saturated carbocycles. The van der Waals surface area contributed by atoms with Gasteiger partial charge in [0.2, 0.25) is 0 Å². The van der Waals surface area contributed by atoms with Crippen LogP contribution in [0.15, 0.2) is 96.9 Å². The molecule has 0 bridgehead atoms. The average molecular weight is 618 g/mol. The molecule has 9 rings (SSSR count). The zero-order valence-electron chi connectivity index (χ0n) is 33.7. The summed E-state index contributed by atoms with van der Waals surface area (Å²) in [7, 11) is 0. The van der Waals surface area contributed by atoms with Crippen molar-refractivity contribution < 1.29 is 6.85 Å². The summed E-state index contributed by atoms with van der Waals surface area (Å²) in [6, 6.07) is 23.3. The second-order valence-electron chi connectivity index (χ2n) is 15.9. The summed E-state index contributed by atoms with van der Waals surface area (Å²) in [5.74, 6) is 0. The molecule has 5 aromatic carbocycles. The second kappa shape index (κ2) is 9.66. The number of hydrogen-bond donors (Lipinski definition) is 0. The molecule has 3 heteroatoms. The van der Waals surface area contributed by atoms with Crippen LogP contribution in [0.2, 0.25) is 0 Å². The fraction of sp³-hybridized carbons (Fsp3) is 0.318. The van der Waals surface area contributed by atoms with Gasteiger partial charge in [-0.15, -0.1) is 0 Å². The lowest BCUT2D eigenvalue weighted by atomic mass is 9.33.